The lowest BCUT2D eigenvalue weighted by molar-refractivity contribution is 0.0742. The van der Waals surface area contributed by atoms with Gasteiger partial charge in [-0.2, -0.15) is 5.10 Å². The van der Waals surface area contributed by atoms with Crippen LogP contribution in [0.5, 0.6) is 0 Å². The molecule has 2 N–H and O–H groups in total. The van der Waals surface area contributed by atoms with E-state index in [1.165, 1.54) is 5.56 Å². The average molecular weight is 326 g/mol. The van der Waals surface area contributed by atoms with Gasteiger partial charge in [0.2, 0.25) is 0 Å². The molecular weight excluding hydrogens is 300 g/mol. The van der Waals surface area contributed by atoms with Gasteiger partial charge in [0.15, 0.2) is 0 Å². The molecule has 24 heavy (non-hydrogen) atoms. The summed E-state index contributed by atoms with van der Waals surface area (Å²) in [6, 6.07) is 10.5. The van der Waals surface area contributed by atoms with Crippen LogP contribution in [0.15, 0.2) is 36.5 Å². The van der Waals surface area contributed by atoms with Crippen LogP contribution < -0.4 is 5.73 Å². The molecule has 1 saturated heterocycles. The highest BCUT2D eigenvalue weighted by Gasteiger charge is 2.33. The highest BCUT2D eigenvalue weighted by Crippen LogP contribution is 2.25. The van der Waals surface area contributed by atoms with Crippen LogP contribution in [-0.2, 0) is 13.0 Å². The van der Waals surface area contributed by atoms with E-state index in [9.17, 15) is 4.79 Å². The summed E-state index contributed by atoms with van der Waals surface area (Å²) in [6.07, 6.45) is 3.50. The quantitative estimate of drug-likeness (QED) is 0.917. The van der Waals surface area contributed by atoms with Crippen LogP contribution in [0.25, 0.3) is 0 Å². The van der Waals surface area contributed by atoms with Crippen molar-refractivity contribution in [2.45, 2.75) is 39.3 Å². The zero-order chi connectivity index (χ0) is 17.1. The number of nitrogens with two attached hydrogens (primary N) is 1. The van der Waals surface area contributed by atoms with Crippen LogP contribution in [-0.4, -0.2) is 39.7 Å². The fourth-order valence-electron chi connectivity index (χ4n) is 3.61. The molecular formula is C19H26N4O. The molecule has 5 heteroatoms. The average Bonchev–Trinajstić information content (AvgIpc) is 3.18. The molecule has 0 bridgehead atoms. The van der Waals surface area contributed by atoms with Gasteiger partial charge in [0.1, 0.15) is 0 Å². The summed E-state index contributed by atoms with van der Waals surface area (Å²) in [7, 11) is 0. The molecule has 1 aromatic heterocycles. The van der Waals surface area contributed by atoms with E-state index in [1.807, 2.05) is 27.8 Å². The molecule has 1 aliphatic heterocycles. The second-order valence-corrected chi connectivity index (χ2v) is 6.65. The number of hydrogen-bond acceptors (Lipinski definition) is 3. The van der Waals surface area contributed by atoms with Crippen molar-refractivity contribution in [3.05, 3.63) is 53.3 Å². The Morgan fingerprint density at radius 3 is 2.71 bits per heavy atom. The third-order valence-corrected chi connectivity index (χ3v) is 4.94. The fraction of sp³-hybridized carbons (Fsp3) is 0.474. The van der Waals surface area contributed by atoms with Crippen molar-refractivity contribution in [2.24, 2.45) is 11.7 Å². The zero-order valence-electron chi connectivity index (χ0n) is 14.5. The number of rotatable bonds is 5. The Hall–Kier alpha value is -2.14. The van der Waals surface area contributed by atoms with Gasteiger partial charge in [-0.25, -0.2) is 0 Å². The molecule has 2 aromatic rings. The Labute approximate surface area is 143 Å². The summed E-state index contributed by atoms with van der Waals surface area (Å²) in [5.74, 6) is 0.503. The Balaban J connectivity index is 1.82. The number of hydrogen-bond donors (Lipinski definition) is 1. The van der Waals surface area contributed by atoms with Crippen molar-refractivity contribution in [1.29, 1.82) is 0 Å². The molecule has 1 fully saturated rings. The van der Waals surface area contributed by atoms with Crippen molar-refractivity contribution < 1.29 is 4.79 Å². The minimum atomic E-state index is 0.0922. The van der Waals surface area contributed by atoms with E-state index >= 15 is 0 Å². The van der Waals surface area contributed by atoms with Gasteiger partial charge in [-0.15, -0.1) is 0 Å². The lowest BCUT2D eigenvalue weighted by atomic mass is 10.1. The van der Waals surface area contributed by atoms with Gasteiger partial charge in [-0.3, -0.25) is 9.48 Å². The normalized spacial score (nSPS) is 20.5. The third kappa shape index (κ3) is 3.22. The van der Waals surface area contributed by atoms with E-state index in [1.54, 1.807) is 6.20 Å². The summed E-state index contributed by atoms with van der Waals surface area (Å²) >= 11 is 0. The Bertz CT molecular complexity index is 695. The lowest BCUT2D eigenvalue weighted by Crippen LogP contribution is -2.34. The molecule has 1 amide bonds. The predicted molar refractivity (Wildman–Crippen MR) is 94.8 cm³/mol. The maximum atomic E-state index is 13.0. The smallest absolute Gasteiger partial charge is 0.257 e. The molecule has 3 rings (SSSR count). The summed E-state index contributed by atoms with van der Waals surface area (Å²) in [5.41, 5.74) is 8.72. The first-order chi connectivity index (χ1) is 11.6. The Kier molecular flexibility index (Phi) is 5.00. The van der Waals surface area contributed by atoms with Gasteiger partial charge in [-0.05, 0) is 37.8 Å². The van der Waals surface area contributed by atoms with Crippen molar-refractivity contribution >= 4 is 5.91 Å². The van der Waals surface area contributed by atoms with Gasteiger partial charge >= 0.3 is 0 Å². The number of amides is 1. The Morgan fingerprint density at radius 1 is 1.33 bits per heavy atom. The van der Waals surface area contributed by atoms with Crippen molar-refractivity contribution in [2.75, 3.05) is 13.1 Å². The molecule has 1 aromatic carbocycles. The van der Waals surface area contributed by atoms with Crippen LogP contribution in [0.2, 0.25) is 0 Å². The molecule has 0 aliphatic carbocycles. The summed E-state index contributed by atoms with van der Waals surface area (Å²) in [5, 5.41) is 4.48. The van der Waals surface area contributed by atoms with Crippen LogP contribution in [0.1, 0.15) is 41.9 Å². The molecule has 0 saturated carbocycles. The minimum absolute atomic E-state index is 0.0922. The summed E-state index contributed by atoms with van der Waals surface area (Å²) < 4.78 is 1.95. The third-order valence-electron chi connectivity index (χ3n) is 4.94. The van der Waals surface area contributed by atoms with Crippen molar-refractivity contribution in [3.8, 4) is 0 Å². The van der Waals surface area contributed by atoms with Gasteiger partial charge < -0.3 is 10.6 Å². The molecule has 1 aliphatic rings. The van der Waals surface area contributed by atoms with Gasteiger partial charge in [0.25, 0.3) is 5.91 Å². The van der Waals surface area contributed by atoms with Gasteiger partial charge in [-0.1, -0.05) is 37.3 Å². The number of benzene rings is 1. The zero-order valence-corrected chi connectivity index (χ0v) is 14.5. The van der Waals surface area contributed by atoms with Crippen LogP contribution in [0, 0.1) is 5.92 Å². The maximum Gasteiger partial charge on any atom is 0.257 e. The Morgan fingerprint density at radius 2 is 2.08 bits per heavy atom. The second kappa shape index (κ2) is 7.18. The van der Waals surface area contributed by atoms with Crippen LogP contribution >= 0.6 is 0 Å². The second-order valence-electron chi connectivity index (χ2n) is 6.65. The van der Waals surface area contributed by atoms with Gasteiger partial charge in [0, 0.05) is 12.6 Å². The van der Waals surface area contributed by atoms with Gasteiger partial charge in [0.05, 0.1) is 24.0 Å². The topological polar surface area (TPSA) is 64.2 Å². The highest BCUT2D eigenvalue weighted by atomic mass is 16.2. The van der Waals surface area contributed by atoms with Crippen LogP contribution in [0.4, 0.5) is 0 Å². The van der Waals surface area contributed by atoms with E-state index in [0.29, 0.717) is 19.0 Å². The number of likely N-dealkylation sites (tertiary alicyclic amines) is 1. The summed E-state index contributed by atoms with van der Waals surface area (Å²) in [4.78, 5) is 15.0. The molecule has 128 valence electrons. The first-order valence-corrected chi connectivity index (χ1v) is 8.73. The fourth-order valence-corrected chi connectivity index (χ4v) is 3.61. The number of nitrogens with zero attached hydrogens (tertiary/aromatic N) is 3. The summed E-state index contributed by atoms with van der Waals surface area (Å²) in [6.45, 7) is 6.27. The highest BCUT2D eigenvalue weighted by molar-refractivity contribution is 5.95. The van der Waals surface area contributed by atoms with E-state index in [0.717, 1.165) is 30.6 Å². The van der Waals surface area contributed by atoms with Crippen molar-refractivity contribution in [3.63, 3.8) is 0 Å². The first kappa shape index (κ1) is 16.7. The standard InChI is InChI=1S/C19H26N4O/c1-3-18-17(19(24)22-12-16(10-20)9-14(22)2)11-21-23(18)13-15-7-5-4-6-8-15/h4-8,11,14,16H,3,9-10,12-13,20H2,1-2H3. The largest absolute Gasteiger partial charge is 0.335 e. The van der Waals surface area contributed by atoms with Crippen LogP contribution in [0.3, 0.4) is 0 Å². The first-order valence-electron chi connectivity index (χ1n) is 8.73. The van der Waals surface area contributed by atoms with E-state index in [-0.39, 0.29) is 11.9 Å². The maximum absolute atomic E-state index is 13.0. The van der Waals surface area contributed by atoms with E-state index in [4.69, 9.17) is 5.73 Å². The number of carbonyl (C=O) groups is 1. The molecule has 5 nitrogen and oxygen atoms in total. The number of carbonyl (C=O) groups excluding carboxylic acids is 1. The molecule has 0 radical (unpaired) electrons. The van der Waals surface area contributed by atoms with E-state index in [2.05, 4.69) is 31.1 Å². The van der Waals surface area contributed by atoms with Crippen molar-refractivity contribution in [1.82, 2.24) is 14.7 Å². The number of aromatic nitrogens is 2. The molecule has 2 unspecified atom stereocenters. The molecule has 0 spiro atoms. The molecule has 2 atom stereocenters. The predicted octanol–water partition coefficient (Wildman–Crippen LogP) is 2.30. The SMILES string of the molecule is CCc1c(C(=O)N2CC(CN)CC2C)cnn1Cc1ccccc1. The minimum Gasteiger partial charge on any atom is -0.335 e. The molecule has 2 heterocycles. The van der Waals surface area contributed by atoms with E-state index < -0.39 is 0 Å². The lowest BCUT2D eigenvalue weighted by Gasteiger charge is -2.21. The monoisotopic (exact) mass is 326 g/mol.